The van der Waals surface area contributed by atoms with Gasteiger partial charge in [0, 0.05) is 7.05 Å². The third-order valence-corrected chi connectivity index (χ3v) is 8.38. The summed E-state index contributed by atoms with van der Waals surface area (Å²) in [6.07, 6.45) is 2.05. The highest BCUT2D eigenvalue weighted by molar-refractivity contribution is 5.95. The number of amides is 4. The summed E-state index contributed by atoms with van der Waals surface area (Å²) in [6, 6.07) is 5.31. The molecule has 0 fully saturated rings. The van der Waals surface area contributed by atoms with Crippen LogP contribution in [0.15, 0.2) is 30.3 Å². The van der Waals surface area contributed by atoms with Crippen molar-refractivity contribution in [1.82, 2.24) is 26.2 Å². The molecule has 1 aromatic carbocycles. The van der Waals surface area contributed by atoms with Crippen LogP contribution in [-0.4, -0.2) is 78.8 Å². The second-order valence-corrected chi connectivity index (χ2v) is 15.7. The lowest BCUT2D eigenvalue weighted by Crippen LogP contribution is -2.59. The van der Waals surface area contributed by atoms with E-state index in [1.165, 1.54) is 4.90 Å². The fourth-order valence-electron chi connectivity index (χ4n) is 5.84. The Morgan fingerprint density at radius 2 is 1.00 bits per heavy atom. The summed E-state index contributed by atoms with van der Waals surface area (Å²) in [4.78, 5) is 69.7. The molecule has 0 aliphatic heterocycles. The van der Waals surface area contributed by atoms with Gasteiger partial charge in [-0.2, -0.15) is 0 Å². The Hall–Kier alpha value is -3.47. The van der Waals surface area contributed by atoms with Crippen molar-refractivity contribution >= 4 is 29.6 Å². The maximum absolute atomic E-state index is 14.2. The predicted octanol–water partition coefficient (Wildman–Crippen LogP) is 4.83. The number of hydrogen-bond donors (Lipinski definition) is 4. The van der Waals surface area contributed by atoms with Crippen LogP contribution >= 0.6 is 0 Å². The highest BCUT2D eigenvalue weighted by Crippen LogP contribution is 2.18. The van der Waals surface area contributed by atoms with E-state index < -0.39 is 53.9 Å². The molecule has 0 saturated heterocycles. The van der Waals surface area contributed by atoms with Gasteiger partial charge < -0.3 is 30.9 Å². The summed E-state index contributed by atoms with van der Waals surface area (Å²) < 4.78 is 5.59. The van der Waals surface area contributed by atoms with Crippen molar-refractivity contribution in [3.8, 4) is 0 Å². The molecule has 11 nitrogen and oxygen atoms in total. The van der Waals surface area contributed by atoms with Gasteiger partial charge in [-0.3, -0.25) is 19.2 Å². The van der Waals surface area contributed by atoms with Crippen molar-refractivity contribution in [3.05, 3.63) is 35.9 Å². The minimum absolute atomic E-state index is 0.0442. The summed E-state index contributed by atoms with van der Waals surface area (Å²) in [5.41, 5.74) is 0.837. The first-order chi connectivity index (χ1) is 23.4. The first kappa shape index (κ1) is 44.6. The van der Waals surface area contributed by atoms with Crippen LogP contribution in [0, 0.1) is 29.6 Å². The second kappa shape index (κ2) is 22.4. The van der Waals surface area contributed by atoms with Crippen LogP contribution in [0.3, 0.4) is 0 Å². The second-order valence-electron chi connectivity index (χ2n) is 15.7. The van der Waals surface area contributed by atoms with Crippen molar-refractivity contribution < 1.29 is 28.7 Å². The standard InChI is InChI=1S/C39H67N5O6/c1-24(2)18-30(40-11)35(45)41-31(19-25(3)4)36(46)42-32(20-26(5)6)38(48)44(12)34(22-28(9)10)37(47)43-33(21-27(7)8)39(49)50-23-29-16-14-13-15-17-29/h13-17,24-28,30-34,40H,18-23H2,1-12H3,(H,41,45)(H,42,46)(H,43,47)/t30-,31-,32+,33-,34-/m0/s1. The normalized spacial score (nSPS) is 14.7. The van der Waals surface area contributed by atoms with Crippen LogP contribution in [-0.2, 0) is 35.3 Å². The number of nitrogens with one attached hydrogen (secondary N) is 4. The zero-order valence-electron chi connectivity index (χ0n) is 32.8. The van der Waals surface area contributed by atoms with E-state index in [1.54, 1.807) is 14.1 Å². The number of esters is 1. The Morgan fingerprint density at radius 3 is 1.50 bits per heavy atom. The summed E-state index contributed by atoms with van der Waals surface area (Å²) in [7, 11) is 3.29. The van der Waals surface area contributed by atoms with Crippen LogP contribution in [0.4, 0.5) is 0 Å². The number of carbonyl (C=O) groups excluding carboxylic acids is 5. The fraction of sp³-hybridized carbons (Fsp3) is 0.718. The summed E-state index contributed by atoms with van der Waals surface area (Å²) in [5, 5.41) is 11.8. The van der Waals surface area contributed by atoms with Gasteiger partial charge in [-0.05, 0) is 74.3 Å². The molecule has 1 aromatic rings. The number of nitrogens with zero attached hydrogens (tertiary/aromatic N) is 1. The van der Waals surface area contributed by atoms with Gasteiger partial charge >= 0.3 is 5.97 Å². The molecule has 1 rings (SSSR count). The van der Waals surface area contributed by atoms with Crippen molar-refractivity contribution in [1.29, 1.82) is 0 Å². The molecular weight excluding hydrogens is 634 g/mol. The minimum Gasteiger partial charge on any atom is -0.459 e. The van der Waals surface area contributed by atoms with Gasteiger partial charge in [-0.25, -0.2) is 4.79 Å². The van der Waals surface area contributed by atoms with E-state index in [9.17, 15) is 24.0 Å². The van der Waals surface area contributed by atoms with Crippen molar-refractivity contribution in [2.24, 2.45) is 29.6 Å². The third-order valence-electron chi connectivity index (χ3n) is 8.38. The molecule has 0 saturated carbocycles. The van der Waals surface area contributed by atoms with E-state index in [0.717, 1.165) is 5.56 Å². The molecular formula is C39H67N5O6. The first-order valence-corrected chi connectivity index (χ1v) is 18.4. The smallest absolute Gasteiger partial charge is 0.328 e. The highest BCUT2D eigenvalue weighted by atomic mass is 16.5. The van der Waals surface area contributed by atoms with Gasteiger partial charge in [-0.15, -0.1) is 0 Å². The maximum atomic E-state index is 14.2. The van der Waals surface area contributed by atoms with Crippen molar-refractivity contribution in [3.63, 3.8) is 0 Å². The van der Waals surface area contributed by atoms with E-state index in [-0.39, 0.29) is 42.1 Å². The minimum atomic E-state index is -0.931. The molecule has 0 spiro atoms. The van der Waals surface area contributed by atoms with Gasteiger partial charge in [0.05, 0.1) is 6.04 Å². The lowest BCUT2D eigenvalue weighted by molar-refractivity contribution is -0.151. The van der Waals surface area contributed by atoms with Gasteiger partial charge in [0.25, 0.3) is 0 Å². The van der Waals surface area contributed by atoms with Gasteiger partial charge in [0.1, 0.15) is 30.8 Å². The molecule has 0 unspecified atom stereocenters. The van der Waals surface area contributed by atoms with E-state index in [1.807, 2.05) is 99.6 Å². The zero-order valence-corrected chi connectivity index (χ0v) is 32.8. The quantitative estimate of drug-likeness (QED) is 0.127. The number of carbonyl (C=O) groups is 5. The SMILES string of the molecule is CN[C@@H](CC(C)C)C(=O)N[C@@H](CC(C)C)C(=O)N[C@H](CC(C)C)C(=O)N(C)[C@@H](CC(C)C)C(=O)N[C@@H](CC(C)C)C(=O)OCc1ccccc1. The van der Waals surface area contributed by atoms with Crippen LogP contribution in [0.2, 0.25) is 0 Å². The number of ether oxygens (including phenoxy) is 1. The predicted molar refractivity (Wildman–Crippen MR) is 199 cm³/mol. The molecule has 4 amide bonds. The van der Waals surface area contributed by atoms with Gasteiger partial charge in [-0.1, -0.05) is 99.6 Å². The lowest BCUT2D eigenvalue weighted by Gasteiger charge is -2.34. The molecule has 0 aliphatic carbocycles. The molecule has 0 aromatic heterocycles. The fourth-order valence-corrected chi connectivity index (χ4v) is 5.84. The van der Waals surface area contributed by atoms with Crippen LogP contribution in [0.5, 0.6) is 0 Å². The lowest BCUT2D eigenvalue weighted by atomic mass is 9.97. The molecule has 50 heavy (non-hydrogen) atoms. The number of benzene rings is 1. The first-order valence-electron chi connectivity index (χ1n) is 18.4. The van der Waals surface area contributed by atoms with Crippen LogP contribution in [0.25, 0.3) is 0 Å². The van der Waals surface area contributed by atoms with Gasteiger partial charge in [0.2, 0.25) is 23.6 Å². The topological polar surface area (TPSA) is 146 Å². The Labute approximate surface area is 301 Å². The molecule has 0 bridgehead atoms. The monoisotopic (exact) mass is 702 g/mol. The van der Waals surface area contributed by atoms with E-state index in [0.29, 0.717) is 32.1 Å². The third kappa shape index (κ3) is 16.5. The van der Waals surface area contributed by atoms with E-state index >= 15 is 0 Å². The Morgan fingerprint density at radius 1 is 0.580 bits per heavy atom. The number of rotatable bonds is 22. The largest absolute Gasteiger partial charge is 0.459 e. The molecule has 0 aliphatic rings. The Kier molecular flexibility index (Phi) is 19.9. The Bertz CT molecular complexity index is 1200. The summed E-state index contributed by atoms with van der Waals surface area (Å²) in [5.74, 6) is -1.57. The molecule has 0 heterocycles. The molecule has 5 atom stereocenters. The number of likely N-dealkylation sites (N-methyl/N-ethyl adjacent to an activating group) is 2. The maximum Gasteiger partial charge on any atom is 0.328 e. The molecule has 11 heteroatoms. The average Bonchev–Trinajstić information content (AvgIpc) is 3.02. The molecule has 4 N–H and O–H groups in total. The van der Waals surface area contributed by atoms with Crippen LogP contribution < -0.4 is 21.3 Å². The van der Waals surface area contributed by atoms with Crippen molar-refractivity contribution in [2.75, 3.05) is 14.1 Å². The average molecular weight is 702 g/mol. The molecule has 284 valence electrons. The molecule has 0 radical (unpaired) electrons. The zero-order chi connectivity index (χ0) is 38.1. The summed E-state index contributed by atoms with van der Waals surface area (Å²) >= 11 is 0. The van der Waals surface area contributed by atoms with Crippen LogP contribution in [0.1, 0.15) is 107 Å². The van der Waals surface area contributed by atoms with E-state index in [2.05, 4.69) is 21.3 Å². The highest BCUT2D eigenvalue weighted by Gasteiger charge is 2.36. The summed E-state index contributed by atoms with van der Waals surface area (Å²) in [6.45, 7) is 19.8. The van der Waals surface area contributed by atoms with Crippen molar-refractivity contribution in [2.45, 2.75) is 138 Å². The Balaban J connectivity index is 3.26. The van der Waals surface area contributed by atoms with Gasteiger partial charge in [0.15, 0.2) is 0 Å². The van der Waals surface area contributed by atoms with E-state index in [4.69, 9.17) is 4.74 Å². The number of hydrogen-bond acceptors (Lipinski definition) is 7.